The van der Waals surface area contributed by atoms with Crippen LogP contribution >= 0.6 is 0 Å². The smallest absolute Gasteiger partial charge is 0.269 e. The van der Waals surface area contributed by atoms with Crippen LogP contribution < -0.4 is 15.6 Å². The first kappa shape index (κ1) is 17.3. The maximum Gasteiger partial charge on any atom is 0.269 e. The molecule has 0 aliphatic rings. The Hall–Kier alpha value is -3.48. The van der Waals surface area contributed by atoms with Crippen molar-refractivity contribution in [3.63, 3.8) is 0 Å². The Morgan fingerprint density at radius 1 is 1.12 bits per heavy atom. The highest BCUT2D eigenvalue weighted by Gasteiger charge is 2.07. The molecule has 132 valence electrons. The minimum Gasteiger partial charge on any atom is -0.497 e. The van der Waals surface area contributed by atoms with Crippen molar-refractivity contribution in [2.24, 2.45) is 0 Å². The fourth-order valence-corrected chi connectivity index (χ4v) is 2.39. The third kappa shape index (κ3) is 4.13. The molecule has 3 aromatic rings. The van der Waals surface area contributed by atoms with Crippen molar-refractivity contribution in [2.75, 3.05) is 13.7 Å². The molecule has 1 aromatic carbocycles. The van der Waals surface area contributed by atoms with Gasteiger partial charge < -0.3 is 10.1 Å². The summed E-state index contributed by atoms with van der Waals surface area (Å²) in [6.07, 6.45) is 1.55. The van der Waals surface area contributed by atoms with E-state index in [1.807, 2.05) is 24.3 Å². The van der Waals surface area contributed by atoms with Crippen molar-refractivity contribution in [3.05, 3.63) is 76.8 Å². The van der Waals surface area contributed by atoms with Crippen LogP contribution in [0.4, 0.5) is 0 Å². The molecule has 3 rings (SSSR count). The topological polar surface area (TPSA) is 86.1 Å². The molecule has 26 heavy (non-hydrogen) atoms. The van der Waals surface area contributed by atoms with Gasteiger partial charge in [-0.25, -0.2) is 4.68 Å². The standard InChI is InChI=1S/C19H18N4O3/c1-26-15-7-5-14(6-8-15)16-9-10-18(24)23(22-16)13-12-21-19(25)17-4-2-3-11-20-17/h2-11H,12-13H2,1H3,(H,21,25). The van der Waals surface area contributed by atoms with Crippen LogP contribution in [0.3, 0.4) is 0 Å². The lowest BCUT2D eigenvalue weighted by Gasteiger charge is -2.09. The zero-order chi connectivity index (χ0) is 18.4. The zero-order valence-electron chi connectivity index (χ0n) is 14.3. The molecule has 0 unspecified atom stereocenters. The molecule has 0 saturated heterocycles. The lowest BCUT2D eigenvalue weighted by Crippen LogP contribution is -2.32. The molecule has 0 radical (unpaired) electrons. The first-order valence-electron chi connectivity index (χ1n) is 8.09. The van der Waals surface area contributed by atoms with E-state index in [9.17, 15) is 9.59 Å². The normalized spacial score (nSPS) is 10.3. The number of nitrogens with zero attached hydrogens (tertiary/aromatic N) is 3. The zero-order valence-corrected chi connectivity index (χ0v) is 14.3. The second-order valence-electron chi connectivity index (χ2n) is 5.48. The first-order chi connectivity index (χ1) is 12.7. The second-order valence-corrected chi connectivity index (χ2v) is 5.48. The van der Waals surface area contributed by atoms with Gasteiger partial charge in [-0.15, -0.1) is 0 Å². The van der Waals surface area contributed by atoms with Crippen LogP contribution in [-0.4, -0.2) is 34.3 Å². The van der Waals surface area contributed by atoms with E-state index in [4.69, 9.17) is 4.74 Å². The molecule has 2 aromatic heterocycles. The van der Waals surface area contributed by atoms with Gasteiger partial charge in [0.25, 0.3) is 11.5 Å². The van der Waals surface area contributed by atoms with Crippen LogP contribution in [-0.2, 0) is 6.54 Å². The number of pyridine rings is 1. The number of carbonyl (C=O) groups is 1. The van der Waals surface area contributed by atoms with Gasteiger partial charge in [0.1, 0.15) is 11.4 Å². The molecule has 0 aliphatic heterocycles. The van der Waals surface area contributed by atoms with E-state index in [2.05, 4.69) is 15.4 Å². The molecule has 7 nitrogen and oxygen atoms in total. The van der Waals surface area contributed by atoms with Crippen molar-refractivity contribution in [2.45, 2.75) is 6.54 Å². The van der Waals surface area contributed by atoms with Crippen molar-refractivity contribution in [3.8, 4) is 17.0 Å². The number of benzene rings is 1. The average molecular weight is 350 g/mol. The summed E-state index contributed by atoms with van der Waals surface area (Å²) >= 11 is 0. The number of carbonyl (C=O) groups excluding carboxylic acids is 1. The van der Waals surface area contributed by atoms with E-state index < -0.39 is 0 Å². The van der Waals surface area contributed by atoms with Gasteiger partial charge in [-0.05, 0) is 42.5 Å². The summed E-state index contributed by atoms with van der Waals surface area (Å²) in [5.41, 5.74) is 1.65. The fraction of sp³-hybridized carbons (Fsp3) is 0.158. The molecular weight excluding hydrogens is 332 g/mol. The number of hydrogen-bond acceptors (Lipinski definition) is 5. The summed E-state index contributed by atoms with van der Waals surface area (Å²) in [5, 5.41) is 7.10. The molecule has 0 bridgehead atoms. The summed E-state index contributed by atoms with van der Waals surface area (Å²) in [6.45, 7) is 0.537. The molecule has 0 aliphatic carbocycles. The third-order valence-corrected chi connectivity index (χ3v) is 3.76. The average Bonchev–Trinajstić information content (AvgIpc) is 2.70. The number of ether oxygens (including phenoxy) is 1. The van der Waals surface area contributed by atoms with E-state index >= 15 is 0 Å². The Morgan fingerprint density at radius 3 is 2.62 bits per heavy atom. The SMILES string of the molecule is COc1ccc(-c2ccc(=O)n(CCNC(=O)c3ccccn3)n2)cc1. The molecule has 1 N–H and O–H groups in total. The van der Waals surface area contributed by atoms with Crippen LogP contribution in [0.1, 0.15) is 10.5 Å². The van der Waals surface area contributed by atoms with Gasteiger partial charge in [-0.3, -0.25) is 14.6 Å². The van der Waals surface area contributed by atoms with Crippen molar-refractivity contribution >= 4 is 5.91 Å². The summed E-state index contributed by atoms with van der Waals surface area (Å²) in [7, 11) is 1.60. The Bertz CT molecular complexity index is 937. The molecule has 7 heteroatoms. The molecule has 0 saturated carbocycles. The van der Waals surface area contributed by atoms with E-state index in [-0.39, 0.29) is 24.6 Å². The second kappa shape index (κ2) is 8.06. The van der Waals surface area contributed by atoms with Gasteiger partial charge in [0.05, 0.1) is 19.3 Å². The molecule has 0 fully saturated rings. The summed E-state index contributed by atoms with van der Waals surface area (Å²) in [4.78, 5) is 28.0. The minimum atomic E-state index is -0.287. The number of rotatable bonds is 6. The lowest BCUT2D eigenvalue weighted by molar-refractivity contribution is 0.0947. The van der Waals surface area contributed by atoms with Crippen LogP contribution in [0.25, 0.3) is 11.3 Å². The number of amides is 1. The maximum absolute atomic E-state index is 12.0. The van der Waals surface area contributed by atoms with E-state index in [0.717, 1.165) is 11.3 Å². The fourth-order valence-electron chi connectivity index (χ4n) is 2.39. The highest BCUT2D eigenvalue weighted by Crippen LogP contribution is 2.19. The third-order valence-electron chi connectivity index (χ3n) is 3.76. The van der Waals surface area contributed by atoms with Crippen molar-refractivity contribution < 1.29 is 9.53 Å². The minimum absolute atomic E-state index is 0.227. The number of nitrogens with one attached hydrogen (secondary N) is 1. The van der Waals surface area contributed by atoms with Crippen LogP contribution in [0.2, 0.25) is 0 Å². The first-order valence-corrected chi connectivity index (χ1v) is 8.09. The highest BCUT2D eigenvalue weighted by atomic mass is 16.5. The molecule has 1 amide bonds. The van der Waals surface area contributed by atoms with E-state index in [0.29, 0.717) is 11.4 Å². The van der Waals surface area contributed by atoms with Gasteiger partial charge in [-0.1, -0.05) is 6.07 Å². The molecule has 0 spiro atoms. The molecular formula is C19H18N4O3. The van der Waals surface area contributed by atoms with Crippen LogP contribution in [0, 0.1) is 0 Å². The van der Waals surface area contributed by atoms with Crippen LogP contribution in [0.5, 0.6) is 5.75 Å². The molecule has 2 heterocycles. The van der Waals surface area contributed by atoms with Gasteiger partial charge in [-0.2, -0.15) is 5.10 Å². The van der Waals surface area contributed by atoms with Gasteiger partial charge in [0.2, 0.25) is 0 Å². The van der Waals surface area contributed by atoms with E-state index in [1.54, 1.807) is 37.6 Å². The Morgan fingerprint density at radius 2 is 1.92 bits per heavy atom. The van der Waals surface area contributed by atoms with Gasteiger partial charge in [0.15, 0.2) is 0 Å². The highest BCUT2D eigenvalue weighted by molar-refractivity contribution is 5.92. The van der Waals surface area contributed by atoms with Gasteiger partial charge >= 0.3 is 0 Å². The predicted molar refractivity (Wildman–Crippen MR) is 97.1 cm³/mol. The Balaban J connectivity index is 1.68. The van der Waals surface area contributed by atoms with Crippen molar-refractivity contribution in [1.29, 1.82) is 0 Å². The predicted octanol–water partition coefficient (Wildman–Crippen LogP) is 1.74. The number of hydrogen-bond donors (Lipinski definition) is 1. The van der Waals surface area contributed by atoms with Crippen molar-refractivity contribution in [1.82, 2.24) is 20.1 Å². The largest absolute Gasteiger partial charge is 0.497 e. The maximum atomic E-state index is 12.0. The van der Waals surface area contributed by atoms with E-state index in [1.165, 1.54) is 10.7 Å². The monoisotopic (exact) mass is 350 g/mol. The van der Waals surface area contributed by atoms with Gasteiger partial charge in [0, 0.05) is 24.4 Å². The summed E-state index contributed by atoms with van der Waals surface area (Å²) in [5.74, 6) is 0.462. The molecule has 0 atom stereocenters. The summed E-state index contributed by atoms with van der Waals surface area (Å²) in [6, 6.07) is 15.7. The Labute approximate surface area is 150 Å². The lowest BCUT2D eigenvalue weighted by atomic mass is 10.1. The van der Waals surface area contributed by atoms with Crippen LogP contribution in [0.15, 0.2) is 65.6 Å². The summed E-state index contributed by atoms with van der Waals surface area (Å²) < 4.78 is 6.47. The number of methoxy groups -OCH3 is 1. The Kier molecular flexibility index (Phi) is 5.38. The quantitative estimate of drug-likeness (QED) is 0.732. The number of aromatic nitrogens is 3.